The first-order valence-electron chi connectivity index (χ1n) is 10.5. The van der Waals surface area contributed by atoms with Crippen LogP contribution in [0.2, 0.25) is 0 Å². The molecule has 6 aromatic rings. The van der Waals surface area contributed by atoms with E-state index in [2.05, 4.69) is 64.6 Å². The molecule has 0 saturated heterocycles. The van der Waals surface area contributed by atoms with Crippen LogP contribution in [0.25, 0.3) is 44.1 Å². The van der Waals surface area contributed by atoms with Gasteiger partial charge in [0.25, 0.3) is 0 Å². The number of pyridine rings is 2. The maximum Gasteiger partial charge on any atom is 0.0239 e. The number of rotatable bonds is 2. The van der Waals surface area contributed by atoms with Crippen LogP contribution in [0.15, 0.2) is 122 Å². The van der Waals surface area contributed by atoms with Gasteiger partial charge in [-0.15, -0.1) is 70.9 Å². The van der Waals surface area contributed by atoms with Crippen molar-refractivity contribution in [2.24, 2.45) is 0 Å². The summed E-state index contributed by atoms with van der Waals surface area (Å²) in [6.07, 6.45) is 3.73. The fourth-order valence-corrected chi connectivity index (χ4v) is 3.64. The van der Waals surface area contributed by atoms with Crippen molar-refractivity contribution in [1.82, 2.24) is 9.97 Å². The Morgan fingerprint density at radius 3 is 2.12 bits per heavy atom. The van der Waals surface area contributed by atoms with Gasteiger partial charge in [0, 0.05) is 32.5 Å². The van der Waals surface area contributed by atoms with E-state index in [1.165, 1.54) is 16.3 Å². The molecule has 0 spiro atoms. The van der Waals surface area contributed by atoms with Gasteiger partial charge in [-0.3, -0.25) is 0 Å². The smallest absolute Gasteiger partial charge is 0.0239 e. The van der Waals surface area contributed by atoms with E-state index in [-0.39, 0.29) is 20.1 Å². The summed E-state index contributed by atoms with van der Waals surface area (Å²) in [6.45, 7) is 0. The van der Waals surface area contributed by atoms with Crippen LogP contribution in [-0.4, -0.2) is 9.97 Å². The molecule has 3 heteroatoms. The summed E-state index contributed by atoms with van der Waals surface area (Å²) < 4.78 is 0. The summed E-state index contributed by atoms with van der Waals surface area (Å²) >= 11 is 0. The van der Waals surface area contributed by atoms with Crippen LogP contribution in [0, 0.1) is 12.1 Å². The SMILES string of the molecule is [Ir].[c-]1cccc2ccc3cccnc3c12.[c-]1ccccc1-c1ccc(-c2ccccc2)cn1. The fraction of sp³-hybridized carbons (Fsp3) is 0. The van der Waals surface area contributed by atoms with Crippen molar-refractivity contribution in [3.63, 3.8) is 0 Å². The molecule has 0 saturated carbocycles. The number of benzene rings is 4. The second-order valence-electron chi connectivity index (χ2n) is 7.35. The van der Waals surface area contributed by atoms with Crippen molar-refractivity contribution in [2.75, 3.05) is 0 Å². The zero-order chi connectivity index (χ0) is 21.6. The molecule has 0 amide bonds. The molecule has 0 unspecified atom stereocenters. The maximum atomic E-state index is 4.49. The van der Waals surface area contributed by atoms with Crippen LogP contribution in [0.3, 0.4) is 0 Å². The van der Waals surface area contributed by atoms with Crippen molar-refractivity contribution in [3.05, 3.63) is 134 Å². The normalized spacial score (nSPS) is 10.2. The fourth-order valence-electron chi connectivity index (χ4n) is 3.64. The van der Waals surface area contributed by atoms with Crippen molar-refractivity contribution in [3.8, 4) is 22.4 Å². The van der Waals surface area contributed by atoms with Gasteiger partial charge in [-0.25, -0.2) is 0 Å². The molecule has 2 nitrogen and oxygen atoms in total. The van der Waals surface area contributed by atoms with E-state index in [0.29, 0.717) is 0 Å². The monoisotopic (exact) mass is 601 g/mol. The number of hydrogen-bond acceptors (Lipinski definition) is 2. The Hall–Kier alpha value is -3.65. The third kappa shape index (κ3) is 5.23. The number of hydrogen-bond donors (Lipinski definition) is 0. The molecule has 1 radical (unpaired) electrons. The first-order valence-corrected chi connectivity index (χ1v) is 10.5. The van der Waals surface area contributed by atoms with Gasteiger partial charge in [-0.05, 0) is 33.8 Å². The first kappa shape index (κ1) is 22.5. The van der Waals surface area contributed by atoms with E-state index >= 15 is 0 Å². The molecule has 2 heterocycles. The predicted molar refractivity (Wildman–Crippen MR) is 132 cm³/mol. The molecule has 2 aromatic heterocycles. The Labute approximate surface area is 207 Å². The van der Waals surface area contributed by atoms with Gasteiger partial charge in [0.05, 0.1) is 0 Å². The Bertz CT molecular complexity index is 1330. The summed E-state index contributed by atoms with van der Waals surface area (Å²) in [5.74, 6) is 0. The average Bonchev–Trinajstić information content (AvgIpc) is 2.90. The molecule has 0 fully saturated rings. The Morgan fingerprint density at radius 1 is 0.545 bits per heavy atom. The molecule has 33 heavy (non-hydrogen) atoms. The van der Waals surface area contributed by atoms with Crippen LogP contribution in [0.1, 0.15) is 0 Å². The van der Waals surface area contributed by atoms with Crippen molar-refractivity contribution >= 4 is 21.7 Å². The van der Waals surface area contributed by atoms with Gasteiger partial charge in [-0.2, -0.15) is 0 Å². The predicted octanol–water partition coefficient (Wildman–Crippen LogP) is 7.40. The van der Waals surface area contributed by atoms with E-state index in [1.807, 2.05) is 79.1 Å². The molecule has 0 aliphatic rings. The van der Waals surface area contributed by atoms with Gasteiger partial charge in [0.1, 0.15) is 0 Å². The minimum absolute atomic E-state index is 0. The number of aromatic nitrogens is 2. The minimum Gasteiger partial charge on any atom is -0.304 e. The first-order chi connectivity index (χ1) is 15.9. The Morgan fingerprint density at radius 2 is 1.33 bits per heavy atom. The molecule has 0 bridgehead atoms. The average molecular weight is 601 g/mol. The van der Waals surface area contributed by atoms with Gasteiger partial charge in [0.2, 0.25) is 0 Å². The molecule has 0 N–H and O–H groups in total. The topological polar surface area (TPSA) is 25.8 Å². The van der Waals surface area contributed by atoms with E-state index in [0.717, 1.165) is 27.7 Å². The third-order valence-corrected chi connectivity index (χ3v) is 5.26. The van der Waals surface area contributed by atoms with E-state index in [4.69, 9.17) is 0 Å². The van der Waals surface area contributed by atoms with Crippen LogP contribution >= 0.6 is 0 Å². The van der Waals surface area contributed by atoms with Crippen LogP contribution < -0.4 is 0 Å². The molecule has 4 aromatic carbocycles. The Kier molecular flexibility index (Phi) is 7.36. The maximum absolute atomic E-state index is 4.49. The van der Waals surface area contributed by atoms with Crippen LogP contribution in [0.4, 0.5) is 0 Å². The third-order valence-electron chi connectivity index (χ3n) is 5.26. The van der Waals surface area contributed by atoms with E-state index in [1.54, 1.807) is 0 Å². The summed E-state index contributed by atoms with van der Waals surface area (Å²) in [4.78, 5) is 8.87. The molecular formula is C30H20IrN2-2. The largest absolute Gasteiger partial charge is 0.304 e. The zero-order valence-electron chi connectivity index (χ0n) is 17.8. The van der Waals surface area contributed by atoms with Crippen molar-refractivity contribution in [1.29, 1.82) is 0 Å². The van der Waals surface area contributed by atoms with Crippen LogP contribution in [-0.2, 0) is 20.1 Å². The second kappa shape index (κ2) is 10.8. The molecule has 0 atom stereocenters. The number of fused-ring (bicyclic) bond motifs is 3. The minimum atomic E-state index is 0. The van der Waals surface area contributed by atoms with Gasteiger partial charge in [-0.1, -0.05) is 60.7 Å². The summed E-state index contributed by atoms with van der Waals surface area (Å²) in [7, 11) is 0. The van der Waals surface area contributed by atoms with Crippen molar-refractivity contribution in [2.45, 2.75) is 0 Å². The Balaban J connectivity index is 0.000000157. The summed E-state index contributed by atoms with van der Waals surface area (Å²) in [6, 6.07) is 42.9. The number of nitrogens with zero attached hydrogens (tertiary/aromatic N) is 2. The molecular weight excluding hydrogens is 581 g/mol. The quantitative estimate of drug-likeness (QED) is 0.153. The summed E-state index contributed by atoms with van der Waals surface area (Å²) in [5, 5.41) is 3.46. The van der Waals surface area contributed by atoms with Gasteiger partial charge >= 0.3 is 0 Å². The van der Waals surface area contributed by atoms with Gasteiger partial charge < -0.3 is 9.97 Å². The van der Waals surface area contributed by atoms with Crippen LogP contribution in [0.5, 0.6) is 0 Å². The molecule has 161 valence electrons. The van der Waals surface area contributed by atoms with E-state index < -0.39 is 0 Å². The second-order valence-corrected chi connectivity index (χ2v) is 7.35. The van der Waals surface area contributed by atoms with Crippen molar-refractivity contribution < 1.29 is 20.1 Å². The standard InChI is InChI=1S/C17H12N.C13H8N.Ir/c1-3-7-14(8-4-1)16-11-12-17(18-13-16)15-9-5-2-6-10-15;1-2-6-12-10(4-1)7-8-11-5-3-9-14-13(11)12;/h1-9,11-13H;1-5,7-9H;/q2*-1;. The zero-order valence-corrected chi connectivity index (χ0v) is 20.2. The molecule has 0 aliphatic heterocycles. The van der Waals surface area contributed by atoms with Gasteiger partial charge in [0.15, 0.2) is 0 Å². The van der Waals surface area contributed by atoms with E-state index in [9.17, 15) is 0 Å². The summed E-state index contributed by atoms with van der Waals surface area (Å²) in [5.41, 5.74) is 5.34. The molecule has 0 aliphatic carbocycles. The molecule has 6 rings (SSSR count).